The Morgan fingerprint density at radius 1 is 0.893 bits per heavy atom. The molecule has 0 N–H and O–H groups in total. The average molecular weight is 387 g/mol. The van der Waals surface area contributed by atoms with Crippen LogP contribution >= 0.6 is 0 Å². The number of carbonyl (C=O) groups is 2. The normalized spacial score (nSPS) is 22.6. The van der Waals surface area contributed by atoms with Crippen LogP contribution < -0.4 is 0 Å². The van der Waals surface area contributed by atoms with Crippen molar-refractivity contribution in [3.05, 3.63) is 35.6 Å². The predicted octanol–water partition coefficient (Wildman–Crippen LogP) is 2.76. The molecule has 152 valence electrons. The highest BCUT2D eigenvalue weighted by Crippen LogP contribution is 2.32. The predicted molar refractivity (Wildman–Crippen MR) is 105 cm³/mol. The van der Waals surface area contributed by atoms with Crippen molar-refractivity contribution in [2.24, 2.45) is 5.92 Å². The summed E-state index contributed by atoms with van der Waals surface area (Å²) in [6.07, 6.45) is 6.91. The summed E-state index contributed by atoms with van der Waals surface area (Å²) in [5, 5.41) is 0. The van der Waals surface area contributed by atoms with Gasteiger partial charge in [-0.2, -0.15) is 0 Å². The van der Waals surface area contributed by atoms with Gasteiger partial charge in [0.2, 0.25) is 5.91 Å². The summed E-state index contributed by atoms with van der Waals surface area (Å²) in [7, 11) is 0. The zero-order valence-corrected chi connectivity index (χ0v) is 16.5. The van der Waals surface area contributed by atoms with Crippen LogP contribution in [0.15, 0.2) is 24.3 Å². The molecule has 1 unspecified atom stereocenters. The fourth-order valence-corrected chi connectivity index (χ4v) is 5.06. The Hall–Kier alpha value is -1.95. The molecule has 3 aliphatic rings. The summed E-state index contributed by atoms with van der Waals surface area (Å²) in [6, 6.07) is 5.85. The largest absolute Gasteiger partial charge is 0.341 e. The van der Waals surface area contributed by atoms with Gasteiger partial charge >= 0.3 is 0 Å². The molecule has 1 aromatic carbocycles. The first-order valence-electron chi connectivity index (χ1n) is 10.7. The van der Waals surface area contributed by atoms with Gasteiger partial charge in [0.25, 0.3) is 5.91 Å². The van der Waals surface area contributed by atoms with E-state index >= 15 is 0 Å². The average Bonchev–Trinajstić information content (AvgIpc) is 3.42. The van der Waals surface area contributed by atoms with E-state index in [2.05, 4.69) is 4.90 Å². The number of rotatable bonds is 4. The van der Waals surface area contributed by atoms with Crippen LogP contribution in [0.2, 0.25) is 0 Å². The molecule has 5 nitrogen and oxygen atoms in total. The molecule has 0 aromatic heterocycles. The molecule has 3 fully saturated rings. The molecule has 0 spiro atoms. The zero-order valence-electron chi connectivity index (χ0n) is 16.5. The third-order valence-electron chi connectivity index (χ3n) is 6.58. The highest BCUT2D eigenvalue weighted by atomic mass is 19.1. The van der Waals surface area contributed by atoms with Gasteiger partial charge in [0, 0.05) is 44.8 Å². The first-order valence-corrected chi connectivity index (χ1v) is 10.7. The smallest absolute Gasteiger partial charge is 0.254 e. The van der Waals surface area contributed by atoms with Gasteiger partial charge < -0.3 is 9.80 Å². The van der Waals surface area contributed by atoms with E-state index in [1.54, 1.807) is 17.0 Å². The molecule has 0 bridgehead atoms. The second-order valence-electron chi connectivity index (χ2n) is 8.36. The van der Waals surface area contributed by atoms with E-state index in [0.29, 0.717) is 43.6 Å². The van der Waals surface area contributed by atoms with Crippen LogP contribution in [0.3, 0.4) is 0 Å². The second kappa shape index (κ2) is 8.60. The Morgan fingerprint density at radius 3 is 2.21 bits per heavy atom. The lowest BCUT2D eigenvalue weighted by Gasteiger charge is -2.42. The third-order valence-corrected chi connectivity index (χ3v) is 6.58. The van der Waals surface area contributed by atoms with Crippen molar-refractivity contribution >= 4 is 11.8 Å². The van der Waals surface area contributed by atoms with Crippen LogP contribution in [-0.2, 0) is 4.79 Å². The molecule has 2 heterocycles. The number of hydrogen-bond acceptors (Lipinski definition) is 3. The van der Waals surface area contributed by atoms with E-state index in [4.69, 9.17) is 0 Å². The number of hydrogen-bond donors (Lipinski definition) is 0. The minimum Gasteiger partial charge on any atom is -0.341 e. The Labute approximate surface area is 166 Å². The SMILES string of the molecule is O=C(c1cccc(F)c1)N1CCN(C(C(=O)N2CCCC2)C2CCCC2)CC1. The quantitative estimate of drug-likeness (QED) is 0.798. The Balaban J connectivity index is 1.42. The van der Waals surface area contributed by atoms with E-state index in [1.165, 1.54) is 25.0 Å². The highest BCUT2D eigenvalue weighted by molar-refractivity contribution is 5.94. The Bertz CT molecular complexity index is 705. The van der Waals surface area contributed by atoms with Crippen LogP contribution in [0.25, 0.3) is 0 Å². The van der Waals surface area contributed by atoms with Crippen molar-refractivity contribution in [2.75, 3.05) is 39.3 Å². The maximum Gasteiger partial charge on any atom is 0.254 e. The number of benzene rings is 1. The molecular weight excluding hydrogens is 357 g/mol. The summed E-state index contributed by atoms with van der Waals surface area (Å²) < 4.78 is 13.5. The van der Waals surface area contributed by atoms with Gasteiger partial charge in [-0.1, -0.05) is 18.9 Å². The van der Waals surface area contributed by atoms with E-state index in [9.17, 15) is 14.0 Å². The molecule has 0 radical (unpaired) electrons. The highest BCUT2D eigenvalue weighted by Gasteiger charge is 2.39. The zero-order chi connectivity index (χ0) is 19.5. The lowest BCUT2D eigenvalue weighted by atomic mass is 9.94. The fraction of sp³-hybridized carbons (Fsp3) is 0.636. The molecule has 4 rings (SSSR count). The summed E-state index contributed by atoms with van der Waals surface area (Å²) in [5.74, 6) is 0.234. The molecule has 6 heteroatoms. The first kappa shape index (κ1) is 19.4. The lowest BCUT2D eigenvalue weighted by molar-refractivity contribution is -0.138. The number of halogens is 1. The van der Waals surface area contributed by atoms with Gasteiger partial charge in [0.15, 0.2) is 0 Å². The molecule has 1 atom stereocenters. The number of piperazine rings is 1. The van der Waals surface area contributed by atoms with Crippen molar-refractivity contribution in [1.29, 1.82) is 0 Å². The molecule has 2 aliphatic heterocycles. The summed E-state index contributed by atoms with van der Waals surface area (Å²) >= 11 is 0. The second-order valence-corrected chi connectivity index (χ2v) is 8.36. The molecular formula is C22H30FN3O2. The summed E-state index contributed by atoms with van der Waals surface area (Å²) in [4.78, 5) is 32.1. The van der Waals surface area contributed by atoms with Crippen molar-refractivity contribution in [3.63, 3.8) is 0 Å². The van der Waals surface area contributed by atoms with Gasteiger partial charge in [-0.3, -0.25) is 14.5 Å². The number of nitrogens with zero attached hydrogens (tertiary/aromatic N) is 3. The minimum absolute atomic E-state index is 0.0352. The maximum absolute atomic E-state index is 13.5. The Kier molecular flexibility index (Phi) is 5.95. The van der Waals surface area contributed by atoms with Crippen LogP contribution in [-0.4, -0.2) is 71.8 Å². The van der Waals surface area contributed by atoms with Crippen LogP contribution in [0, 0.1) is 11.7 Å². The van der Waals surface area contributed by atoms with Gasteiger partial charge in [-0.05, 0) is 49.8 Å². The molecule has 1 aromatic rings. The monoisotopic (exact) mass is 387 g/mol. The topological polar surface area (TPSA) is 43.9 Å². The minimum atomic E-state index is -0.387. The van der Waals surface area contributed by atoms with Crippen molar-refractivity contribution in [2.45, 2.75) is 44.6 Å². The van der Waals surface area contributed by atoms with Crippen molar-refractivity contribution in [3.8, 4) is 0 Å². The van der Waals surface area contributed by atoms with Crippen LogP contribution in [0.4, 0.5) is 4.39 Å². The van der Waals surface area contributed by atoms with E-state index in [0.717, 1.165) is 38.8 Å². The summed E-state index contributed by atoms with van der Waals surface area (Å²) in [5.41, 5.74) is 0.397. The van der Waals surface area contributed by atoms with E-state index < -0.39 is 0 Å². The first-order chi connectivity index (χ1) is 13.6. The van der Waals surface area contributed by atoms with Crippen molar-refractivity contribution in [1.82, 2.24) is 14.7 Å². The van der Waals surface area contributed by atoms with Gasteiger partial charge in [-0.15, -0.1) is 0 Å². The van der Waals surface area contributed by atoms with Gasteiger partial charge in [-0.25, -0.2) is 4.39 Å². The fourth-order valence-electron chi connectivity index (χ4n) is 5.06. The van der Waals surface area contributed by atoms with Gasteiger partial charge in [0.05, 0.1) is 6.04 Å². The standard InChI is InChI=1S/C22H30FN3O2/c23-19-9-5-8-18(16-19)21(27)26-14-12-24(13-15-26)20(17-6-1-2-7-17)22(28)25-10-3-4-11-25/h5,8-9,16-17,20H,1-4,6-7,10-15H2. The number of likely N-dealkylation sites (tertiary alicyclic amines) is 1. The van der Waals surface area contributed by atoms with E-state index in [-0.39, 0.29) is 17.8 Å². The molecule has 1 saturated carbocycles. The van der Waals surface area contributed by atoms with Crippen molar-refractivity contribution < 1.29 is 14.0 Å². The molecule has 28 heavy (non-hydrogen) atoms. The summed E-state index contributed by atoms with van der Waals surface area (Å²) in [6.45, 7) is 4.38. The van der Waals surface area contributed by atoms with Gasteiger partial charge in [0.1, 0.15) is 5.82 Å². The van der Waals surface area contributed by atoms with Crippen LogP contribution in [0.1, 0.15) is 48.9 Å². The number of amides is 2. The molecule has 2 amide bonds. The maximum atomic E-state index is 13.5. The van der Waals surface area contributed by atoms with E-state index in [1.807, 2.05) is 4.90 Å². The lowest BCUT2D eigenvalue weighted by Crippen LogP contribution is -2.58. The Morgan fingerprint density at radius 2 is 1.57 bits per heavy atom. The molecule has 1 aliphatic carbocycles. The third kappa shape index (κ3) is 4.07. The van der Waals surface area contributed by atoms with Crippen LogP contribution in [0.5, 0.6) is 0 Å². The molecule has 2 saturated heterocycles. The number of carbonyl (C=O) groups excluding carboxylic acids is 2.